The van der Waals surface area contributed by atoms with Crippen molar-refractivity contribution in [3.8, 4) is 0 Å². The third kappa shape index (κ3) is 3.35. The standard InChI is InChI=1S/C19H26N4O/c1-13-15-7-5-6-8-16(15)17(22-21-13)23-11-9-14(10-12-23)20-18(24)19(2,3)4/h5-8,14H,9-12H2,1-4H3,(H,20,24). The molecule has 1 aliphatic heterocycles. The van der Waals surface area contributed by atoms with Crippen molar-refractivity contribution in [2.24, 2.45) is 5.41 Å². The number of nitrogens with one attached hydrogen (secondary N) is 1. The molecule has 0 radical (unpaired) electrons. The first-order valence-corrected chi connectivity index (χ1v) is 8.64. The molecule has 2 heterocycles. The molecule has 1 aliphatic rings. The fourth-order valence-electron chi connectivity index (χ4n) is 3.09. The van der Waals surface area contributed by atoms with Gasteiger partial charge in [-0.25, -0.2) is 0 Å². The molecule has 0 aliphatic carbocycles. The fraction of sp³-hybridized carbons (Fsp3) is 0.526. The molecule has 1 amide bonds. The lowest BCUT2D eigenvalue weighted by Gasteiger charge is -2.34. The van der Waals surface area contributed by atoms with Crippen LogP contribution in [0.3, 0.4) is 0 Å². The maximum Gasteiger partial charge on any atom is 0.225 e. The first kappa shape index (κ1) is 16.7. The Morgan fingerprint density at radius 3 is 2.38 bits per heavy atom. The third-order valence-electron chi connectivity index (χ3n) is 4.66. The molecule has 1 fully saturated rings. The molecule has 2 aromatic rings. The predicted octanol–water partition coefficient (Wildman–Crippen LogP) is 3.07. The zero-order chi connectivity index (χ0) is 17.3. The second-order valence-corrected chi connectivity index (χ2v) is 7.64. The molecular weight excluding hydrogens is 300 g/mol. The number of nitrogens with zero attached hydrogens (tertiary/aromatic N) is 3. The molecule has 24 heavy (non-hydrogen) atoms. The molecular formula is C19H26N4O. The van der Waals surface area contributed by atoms with E-state index in [1.165, 1.54) is 0 Å². The Bertz CT molecular complexity index is 743. The molecule has 5 nitrogen and oxygen atoms in total. The van der Waals surface area contributed by atoms with Crippen molar-refractivity contribution in [1.82, 2.24) is 15.5 Å². The highest BCUT2D eigenvalue weighted by atomic mass is 16.2. The largest absolute Gasteiger partial charge is 0.354 e. The maximum absolute atomic E-state index is 12.1. The zero-order valence-corrected chi connectivity index (χ0v) is 15.0. The van der Waals surface area contributed by atoms with Crippen LogP contribution in [0.4, 0.5) is 5.82 Å². The first-order valence-electron chi connectivity index (χ1n) is 8.64. The molecule has 0 unspecified atom stereocenters. The number of amides is 1. The minimum atomic E-state index is -0.338. The Kier molecular flexibility index (Phi) is 4.43. The third-order valence-corrected chi connectivity index (χ3v) is 4.66. The van der Waals surface area contributed by atoms with Crippen molar-refractivity contribution in [2.45, 2.75) is 46.6 Å². The minimum Gasteiger partial charge on any atom is -0.354 e. The summed E-state index contributed by atoms with van der Waals surface area (Å²) >= 11 is 0. The van der Waals surface area contributed by atoms with Crippen molar-refractivity contribution < 1.29 is 4.79 Å². The maximum atomic E-state index is 12.1. The first-order chi connectivity index (χ1) is 11.4. The average molecular weight is 326 g/mol. The molecule has 1 aromatic heterocycles. The zero-order valence-electron chi connectivity index (χ0n) is 15.0. The van der Waals surface area contributed by atoms with Gasteiger partial charge in [0.25, 0.3) is 0 Å². The van der Waals surface area contributed by atoms with E-state index in [0.717, 1.165) is 48.2 Å². The van der Waals surface area contributed by atoms with E-state index in [-0.39, 0.29) is 17.4 Å². The van der Waals surface area contributed by atoms with Gasteiger partial charge in [0.1, 0.15) is 0 Å². The molecule has 0 bridgehead atoms. The van der Waals surface area contributed by atoms with E-state index in [2.05, 4.69) is 32.5 Å². The van der Waals surface area contributed by atoms with Crippen molar-refractivity contribution in [2.75, 3.05) is 18.0 Å². The van der Waals surface area contributed by atoms with Crippen LogP contribution in [0.1, 0.15) is 39.3 Å². The molecule has 0 saturated carbocycles. The smallest absolute Gasteiger partial charge is 0.225 e. The van der Waals surface area contributed by atoms with E-state index < -0.39 is 0 Å². The molecule has 1 saturated heterocycles. The number of anilines is 1. The number of hydrogen-bond acceptors (Lipinski definition) is 4. The van der Waals surface area contributed by atoms with Crippen LogP contribution in [0.25, 0.3) is 10.8 Å². The summed E-state index contributed by atoms with van der Waals surface area (Å²) < 4.78 is 0. The average Bonchev–Trinajstić information content (AvgIpc) is 2.56. The van der Waals surface area contributed by atoms with Crippen LogP contribution >= 0.6 is 0 Å². The number of hydrogen-bond donors (Lipinski definition) is 1. The molecule has 1 aromatic carbocycles. The summed E-state index contributed by atoms with van der Waals surface area (Å²) in [5.74, 6) is 1.08. The summed E-state index contributed by atoms with van der Waals surface area (Å²) in [6, 6.07) is 8.54. The molecule has 3 rings (SSSR count). The van der Waals surface area contributed by atoms with E-state index in [9.17, 15) is 4.79 Å². The van der Waals surface area contributed by atoms with Gasteiger partial charge in [0.05, 0.1) is 5.69 Å². The van der Waals surface area contributed by atoms with Crippen molar-refractivity contribution in [3.63, 3.8) is 0 Å². The van der Waals surface area contributed by atoms with Gasteiger partial charge in [0, 0.05) is 35.3 Å². The lowest BCUT2D eigenvalue weighted by molar-refractivity contribution is -0.129. The lowest BCUT2D eigenvalue weighted by Crippen LogP contribution is -2.48. The number of carbonyl (C=O) groups is 1. The van der Waals surface area contributed by atoms with Crippen LogP contribution < -0.4 is 10.2 Å². The van der Waals surface area contributed by atoms with Gasteiger partial charge in [0.15, 0.2) is 5.82 Å². The second-order valence-electron chi connectivity index (χ2n) is 7.64. The van der Waals surface area contributed by atoms with Gasteiger partial charge < -0.3 is 10.2 Å². The highest BCUT2D eigenvalue weighted by molar-refractivity contribution is 5.93. The topological polar surface area (TPSA) is 58.1 Å². The van der Waals surface area contributed by atoms with Crippen molar-refractivity contribution in [1.29, 1.82) is 0 Å². The van der Waals surface area contributed by atoms with Crippen LogP contribution in [0.2, 0.25) is 0 Å². The summed E-state index contributed by atoms with van der Waals surface area (Å²) in [4.78, 5) is 14.4. The Morgan fingerprint density at radius 1 is 1.12 bits per heavy atom. The van der Waals surface area contributed by atoms with Crippen molar-refractivity contribution >= 4 is 22.5 Å². The number of piperidine rings is 1. The predicted molar refractivity (Wildman–Crippen MR) is 97.1 cm³/mol. The van der Waals surface area contributed by atoms with Crippen LogP contribution in [0.5, 0.6) is 0 Å². The quantitative estimate of drug-likeness (QED) is 0.921. The number of carbonyl (C=O) groups excluding carboxylic acids is 1. The second kappa shape index (κ2) is 6.38. The van der Waals surface area contributed by atoms with Crippen LogP contribution in [0.15, 0.2) is 24.3 Å². The van der Waals surface area contributed by atoms with E-state index in [4.69, 9.17) is 0 Å². The Balaban J connectivity index is 1.72. The highest BCUT2D eigenvalue weighted by Crippen LogP contribution is 2.27. The number of rotatable bonds is 2. The summed E-state index contributed by atoms with van der Waals surface area (Å²) in [5.41, 5.74) is 0.622. The van der Waals surface area contributed by atoms with Gasteiger partial charge >= 0.3 is 0 Å². The monoisotopic (exact) mass is 326 g/mol. The molecule has 1 N–H and O–H groups in total. The molecule has 0 spiro atoms. The summed E-state index contributed by atoms with van der Waals surface area (Å²) in [7, 11) is 0. The molecule has 0 atom stereocenters. The van der Waals surface area contributed by atoms with E-state index in [1.54, 1.807) is 0 Å². The van der Waals surface area contributed by atoms with Gasteiger partial charge in [-0.05, 0) is 19.8 Å². The Labute approximate surface area is 143 Å². The number of aromatic nitrogens is 2. The highest BCUT2D eigenvalue weighted by Gasteiger charge is 2.27. The summed E-state index contributed by atoms with van der Waals surface area (Å²) in [6.45, 7) is 9.61. The fourth-order valence-corrected chi connectivity index (χ4v) is 3.09. The number of benzene rings is 1. The normalized spacial score (nSPS) is 16.4. The van der Waals surface area contributed by atoms with E-state index in [1.807, 2.05) is 39.8 Å². The van der Waals surface area contributed by atoms with Crippen LogP contribution in [-0.2, 0) is 4.79 Å². The van der Waals surface area contributed by atoms with Crippen LogP contribution in [-0.4, -0.2) is 35.2 Å². The van der Waals surface area contributed by atoms with Gasteiger partial charge in [-0.2, -0.15) is 5.10 Å². The number of aryl methyl sites for hydroxylation is 1. The SMILES string of the molecule is Cc1nnc(N2CCC(NC(=O)C(C)(C)C)CC2)c2ccccc12. The van der Waals surface area contributed by atoms with Gasteiger partial charge in [-0.15, -0.1) is 5.10 Å². The summed E-state index contributed by atoms with van der Waals surface area (Å²) in [5, 5.41) is 14.3. The van der Waals surface area contributed by atoms with E-state index in [0.29, 0.717) is 0 Å². The summed E-state index contributed by atoms with van der Waals surface area (Å²) in [6.07, 6.45) is 1.87. The molecule has 5 heteroatoms. The molecule has 128 valence electrons. The lowest BCUT2D eigenvalue weighted by atomic mass is 9.94. The Morgan fingerprint density at radius 2 is 1.75 bits per heavy atom. The van der Waals surface area contributed by atoms with Crippen LogP contribution in [0, 0.1) is 12.3 Å². The minimum absolute atomic E-state index is 0.126. The van der Waals surface area contributed by atoms with Gasteiger partial charge in [0.2, 0.25) is 5.91 Å². The van der Waals surface area contributed by atoms with Crippen molar-refractivity contribution in [3.05, 3.63) is 30.0 Å². The van der Waals surface area contributed by atoms with E-state index >= 15 is 0 Å². The number of fused-ring (bicyclic) bond motifs is 1. The van der Waals surface area contributed by atoms with Gasteiger partial charge in [-0.1, -0.05) is 45.0 Å². The van der Waals surface area contributed by atoms with Gasteiger partial charge in [-0.3, -0.25) is 4.79 Å². The Hall–Kier alpha value is -2.17.